The summed E-state index contributed by atoms with van der Waals surface area (Å²) < 4.78 is 4.60. The SMILES string of the molecule is CN[C@@H](CCC(=O)CCCCCN1C(=O)CC(SC[C@H](NC(=O)N[C@@H](CCC(=O)O)OC=O)C(=O)O)C1=O)C(=O)N(C)[C@@H](CC(=O)O)C(=O)N(C)[C@@H](CS)C(=O)O. The quantitative estimate of drug-likeness (QED) is 0.0141. The molecule has 0 radical (unpaired) electrons. The van der Waals surface area contributed by atoms with Crippen LogP contribution in [0.1, 0.15) is 64.2 Å². The Morgan fingerprint density at radius 3 is 2.05 bits per heavy atom. The highest BCUT2D eigenvalue weighted by Crippen LogP contribution is 2.26. The third kappa shape index (κ3) is 17.0. The maximum atomic E-state index is 13.3. The smallest absolute Gasteiger partial charge is 0.327 e. The third-order valence-electron chi connectivity index (χ3n) is 8.84. The number of rotatable bonds is 29. The number of nitrogens with one attached hydrogen (secondary N) is 3. The lowest BCUT2D eigenvalue weighted by molar-refractivity contribution is -0.154. The zero-order chi connectivity index (χ0) is 43.4. The van der Waals surface area contributed by atoms with Crippen LogP contribution in [0.2, 0.25) is 0 Å². The summed E-state index contributed by atoms with van der Waals surface area (Å²) in [5, 5.41) is 43.2. The summed E-state index contributed by atoms with van der Waals surface area (Å²) in [6, 6.07) is -6.47. The third-order valence-corrected chi connectivity index (χ3v) is 10.5. The van der Waals surface area contributed by atoms with Gasteiger partial charge < -0.3 is 50.9 Å². The largest absolute Gasteiger partial charge is 0.481 e. The van der Waals surface area contributed by atoms with E-state index < -0.39 is 102 Å². The normalized spacial score (nSPS) is 16.4. The number of unbranched alkanes of at least 4 members (excludes halogenated alkanes) is 2. The molecule has 0 aliphatic carbocycles. The number of hydrogen-bond donors (Lipinski definition) is 8. The van der Waals surface area contributed by atoms with Crippen molar-refractivity contribution >= 4 is 90.2 Å². The number of carboxylic acids is 4. The highest BCUT2D eigenvalue weighted by molar-refractivity contribution is 8.00. The van der Waals surface area contributed by atoms with Gasteiger partial charge in [-0.2, -0.15) is 12.6 Å². The minimum absolute atomic E-state index is 0.00964. The number of aliphatic carboxylic acids is 4. The Balaban J connectivity index is 2.61. The average Bonchev–Trinajstić information content (AvgIpc) is 3.41. The second-order valence-corrected chi connectivity index (χ2v) is 14.5. The number of imide groups is 1. The van der Waals surface area contributed by atoms with Crippen molar-refractivity contribution in [3.05, 3.63) is 0 Å². The Labute approximate surface area is 337 Å². The molecule has 6 atom stereocenters. The molecular formula is C33H50N6O16S2. The van der Waals surface area contributed by atoms with Gasteiger partial charge in [0, 0.05) is 57.8 Å². The number of carbonyl (C=O) groups excluding carboxylic acids is 7. The van der Waals surface area contributed by atoms with Crippen LogP contribution in [0, 0.1) is 0 Å². The summed E-state index contributed by atoms with van der Waals surface area (Å²) in [4.78, 5) is 136. The fraction of sp³-hybridized carbons (Fsp3) is 0.667. The molecule has 1 heterocycles. The van der Waals surface area contributed by atoms with E-state index in [1.807, 2.05) is 0 Å². The van der Waals surface area contributed by atoms with Gasteiger partial charge in [0.05, 0.1) is 24.1 Å². The Bertz CT molecular complexity index is 1500. The summed E-state index contributed by atoms with van der Waals surface area (Å²) in [5.41, 5.74) is 0. The van der Waals surface area contributed by atoms with Crippen molar-refractivity contribution in [2.45, 2.75) is 99.9 Å². The Hall–Kier alpha value is -4.97. The van der Waals surface area contributed by atoms with Crippen LogP contribution in [-0.4, -0.2) is 176 Å². The van der Waals surface area contributed by atoms with Crippen LogP contribution >= 0.6 is 24.4 Å². The molecule has 0 aromatic heterocycles. The number of urea groups is 1. The van der Waals surface area contributed by atoms with Crippen molar-refractivity contribution in [3.63, 3.8) is 0 Å². The minimum Gasteiger partial charge on any atom is -0.481 e. The lowest BCUT2D eigenvalue weighted by Crippen LogP contribution is -2.56. The monoisotopic (exact) mass is 850 g/mol. The van der Waals surface area contributed by atoms with E-state index in [0.29, 0.717) is 19.3 Å². The molecule has 0 aromatic rings. The molecule has 57 heavy (non-hydrogen) atoms. The molecule has 320 valence electrons. The van der Waals surface area contributed by atoms with Gasteiger partial charge in [-0.05, 0) is 26.3 Å². The molecule has 1 saturated heterocycles. The van der Waals surface area contributed by atoms with Gasteiger partial charge in [-0.25, -0.2) is 14.4 Å². The lowest BCUT2D eigenvalue weighted by atomic mass is 10.0. The maximum absolute atomic E-state index is 13.3. The zero-order valence-electron chi connectivity index (χ0n) is 31.6. The topological polar surface area (TPSA) is 324 Å². The molecule has 0 aromatic carbocycles. The molecule has 1 aliphatic heterocycles. The number of likely N-dealkylation sites (tertiary alicyclic amines) is 1. The highest BCUT2D eigenvalue weighted by Gasteiger charge is 2.40. The number of thioether (sulfide) groups is 1. The fourth-order valence-electron chi connectivity index (χ4n) is 5.55. The van der Waals surface area contributed by atoms with E-state index in [1.54, 1.807) is 0 Å². The summed E-state index contributed by atoms with van der Waals surface area (Å²) in [6.07, 6.45) is -1.77. The van der Waals surface area contributed by atoms with Crippen molar-refractivity contribution in [1.82, 2.24) is 30.7 Å². The van der Waals surface area contributed by atoms with Crippen LogP contribution in [0.4, 0.5) is 4.79 Å². The summed E-state index contributed by atoms with van der Waals surface area (Å²) in [7, 11) is 3.83. The number of Topliss-reactive ketones (excluding diaryl/α,β-unsaturated/α-hetero) is 1. The van der Waals surface area contributed by atoms with E-state index in [9.17, 15) is 68.1 Å². The average molecular weight is 851 g/mol. The number of likely N-dealkylation sites (N-methyl/N-ethyl adjacent to an activating group) is 3. The molecule has 0 saturated carbocycles. The van der Waals surface area contributed by atoms with Crippen LogP contribution in [-0.2, 0) is 52.7 Å². The zero-order valence-corrected chi connectivity index (χ0v) is 33.3. The first-order valence-corrected chi connectivity index (χ1v) is 19.3. The first kappa shape index (κ1) is 50.0. The van der Waals surface area contributed by atoms with E-state index in [2.05, 4.69) is 33.3 Å². The van der Waals surface area contributed by atoms with Gasteiger partial charge in [-0.15, -0.1) is 11.8 Å². The number of ketones is 1. The molecule has 24 heteroatoms. The molecule has 1 rings (SSSR count). The van der Waals surface area contributed by atoms with Crippen LogP contribution in [0.15, 0.2) is 0 Å². The highest BCUT2D eigenvalue weighted by atomic mass is 32.2. The van der Waals surface area contributed by atoms with Crippen molar-refractivity contribution in [1.29, 1.82) is 0 Å². The Morgan fingerprint density at radius 1 is 0.860 bits per heavy atom. The van der Waals surface area contributed by atoms with Crippen LogP contribution in [0.5, 0.6) is 0 Å². The fourth-order valence-corrected chi connectivity index (χ4v) is 7.13. The van der Waals surface area contributed by atoms with Crippen LogP contribution < -0.4 is 16.0 Å². The van der Waals surface area contributed by atoms with Gasteiger partial charge in [0.15, 0.2) is 6.23 Å². The molecule has 7 N–H and O–H groups in total. The summed E-state index contributed by atoms with van der Waals surface area (Å²) >= 11 is 4.78. The number of carbonyl (C=O) groups is 11. The van der Waals surface area contributed by atoms with Crippen molar-refractivity contribution < 1.29 is 77.9 Å². The maximum Gasteiger partial charge on any atom is 0.327 e. The van der Waals surface area contributed by atoms with Crippen molar-refractivity contribution in [2.24, 2.45) is 0 Å². The summed E-state index contributed by atoms with van der Waals surface area (Å²) in [5.74, 6) is -8.82. The second kappa shape index (κ2) is 25.3. The van der Waals surface area contributed by atoms with Gasteiger partial charge in [-0.3, -0.25) is 43.3 Å². The first-order chi connectivity index (χ1) is 26.8. The molecule has 0 spiro atoms. The molecule has 6 amide bonds. The molecule has 1 fully saturated rings. The van der Waals surface area contributed by atoms with E-state index in [0.717, 1.165) is 26.5 Å². The number of carboxylic acid groups (broad SMARTS) is 4. The van der Waals surface area contributed by atoms with Gasteiger partial charge in [0.25, 0.3) is 6.47 Å². The standard InChI is InChI=1S/C33H50N6O16S2/c1-34-19(28(47)37(2)21(13-27(45)46)29(48)38(3)22(15-56)32(52)53)9-8-18(41)7-5-4-6-12-39-25(42)14-23(30(39)49)57-16-20(31(50)51)35-33(54)36-24(55-17-40)10-11-26(43)44/h17,19-24,34,56H,4-16H2,1-3H3,(H,43,44)(H,45,46)(H,50,51)(H,52,53)(H2,35,36,54)/t19-,20-,21-,22-,23?,24+/m0/s1. The Kier molecular flexibility index (Phi) is 22.2. The minimum atomic E-state index is -1.53. The number of amides is 6. The van der Waals surface area contributed by atoms with Crippen LogP contribution in [0.3, 0.4) is 0 Å². The van der Waals surface area contributed by atoms with E-state index in [-0.39, 0.29) is 62.4 Å². The first-order valence-electron chi connectivity index (χ1n) is 17.6. The predicted molar refractivity (Wildman–Crippen MR) is 201 cm³/mol. The molecular weight excluding hydrogens is 801 g/mol. The number of nitrogens with zero attached hydrogens (tertiary/aromatic N) is 3. The summed E-state index contributed by atoms with van der Waals surface area (Å²) in [6.45, 7) is 0.0416. The van der Waals surface area contributed by atoms with Gasteiger partial charge in [0.2, 0.25) is 23.6 Å². The Morgan fingerprint density at radius 2 is 1.51 bits per heavy atom. The van der Waals surface area contributed by atoms with Gasteiger partial charge in [0.1, 0.15) is 23.9 Å². The van der Waals surface area contributed by atoms with E-state index in [4.69, 9.17) is 5.11 Å². The van der Waals surface area contributed by atoms with Gasteiger partial charge in [-0.1, -0.05) is 6.42 Å². The molecule has 1 aliphatic rings. The van der Waals surface area contributed by atoms with Gasteiger partial charge >= 0.3 is 29.9 Å². The number of hydrogen-bond acceptors (Lipinski definition) is 15. The lowest BCUT2D eigenvalue weighted by Gasteiger charge is -2.34. The molecule has 0 bridgehead atoms. The predicted octanol–water partition coefficient (Wildman–Crippen LogP) is -1.40. The number of ether oxygens (including phenoxy) is 1. The molecule has 1 unspecified atom stereocenters. The van der Waals surface area contributed by atoms with E-state index >= 15 is 0 Å². The van der Waals surface area contributed by atoms with Crippen molar-refractivity contribution in [3.8, 4) is 0 Å². The second-order valence-electron chi connectivity index (χ2n) is 12.8. The number of thiol groups is 1. The van der Waals surface area contributed by atoms with E-state index in [1.165, 1.54) is 21.1 Å². The van der Waals surface area contributed by atoms with Crippen LogP contribution in [0.25, 0.3) is 0 Å². The van der Waals surface area contributed by atoms with Crippen molar-refractivity contribution in [2.75, 3.05) is 39.2 Å². The molecule has 22 nitrogen and oxygen atoms in total.